The maximum Gasteiger partial charge on any atom is 0.407 e. The molecular weight excluding hydrogens is 340 g/mol. The number of carbonyl (C=O) groups is 2. The van der Waals surface area contributed by atoms with Crippen LogP contribution in [0.5, 0.6) is 0 Å². The molecule has 0 aliphatic rings. The molecule has 1 rings (SSSR count). The molecule has 0 unspecified atom stereocenters. The molecule has 0 aliphatic carbocycles. The fraction of sp³-hybridized carbons (Fsp3) is 0.462. The van der Waals surface area contributed by atoms with E-state index in [1.807, 2.05) is 0 Å². The number of anilines is 1. The molecule has 8 heteroatoms. The Balaban J connectivity index is 2.10. The number of carbonyl (C=O) groups excluding carboxylic acids is 1. The number of nitrogens with one attached hydrogen (secondary N) is 2. The van der Waals surface area contributed by atoms with E-state index in [4.69, 9.17) is 5.11 Å². The molecule has 1 aromatic rings. The lowest BCUT2D eigenvalue weighted by molar-refractivity contribution is -0.116. The minimum absolute atomic E-state index is 0.115. The van der Waals surface area contributed by atoms with Gasteiger partial charge in [0, 0.05) is 37.2 Å². The van der Waals surface area contributed by atoms with Gasteiger partial charge in [-0.05, 0) is 25.1 Å². The Hall–Kier alpha value is -1.67. The van der Waals surface area contributed by atoms with Crippen LogP contribution in [0, 0.1) is 0 Å². The van der Waals surface area contributed by atoms with E-state index >= 15 is 0 Å². The molecule has 0 spiro atoms. The van der Waals surface area contributed by atoms with E-state index in [9.17, 15) is 9.59 Å². The highest BCUT2D eigenvalue weighted by Gasteiger charge is 2.05. The lowest BCUT2D eigenvalue weighted by atomic mass is 10.3. The number of rotatable bonds is 8. The zero-order chi connectivity index (χ0) is 15.7. The minimum atomic E-state index is -0.934. The number of amides is 2. The summed E-state index contributed by atoms with van der Waals surface area (Å²) in [5.74, 6) is 0.396. The Labute approximate surface area is 131 Å². The molecule has 21 heavy (non-hydrogen) atoms. The summed E-state index contributed by atoms with van der Waals surface area (Å²) in [6.45, 7) is 1.67. The quantitative estimate of drug-likeness (QED) is 0.615. The standard InChI is InChI=1S/C13H19BrN4O3/c1-18(13(20)21)8-2-5-15-6-4-12(19)17-11-9-10(14)3-7-16-11/h3,7,9,15H,2,4-6,8H2,1H3,(H,20,21)(H,16,17,19). The predicted octanol–water partition coefficient (Wildman–Crippen LogP) is 1.76. The van der Waals surface area contributed by atoms with Crippen molar-refractivity contribution in [1.82, 2.24) is 15.2 Å². The second-order valence-electron chi connectivity index (χ2n) is 4.47. The Kier molecular flexibility index (Phi) is 7.70. The van der Waals surface area contributed by atoms with Crippen LogP contribution in [0.4, 0.5) is 10.6 Å². The van der Waals surface area contributed by atoms with Crippen molar-refractivity contribution in [3.05, 3.63) is 22.8 Å². The number of aromatic nitrogens is 1. The van der Waals surface area contributed by atoms with Gasteiger partial charge >= 0.3 is 6.09 Å². The molecule has 0 saturated heterocycles. The van der Waals surface area contributed by atoms with E-state index in [-0.39, 0.29) is 5.91 Å². The number of hydrogen-bond acceptors (Lipinski definition) is 4. The van der Waals surface area contributed by atoms with Crippen LogP contribution in [0.15, 0.2) is 22.8 Å². The molecule has 1 heterocycles. The van der Waals surface area contributed by atoms with E-state index in [0.717, 1.165) is 4.47 Å². The highest BCUT2D eigenvalue weighted by atomic mass is 79.9. The van der Waals surface area contributed by atoms with Crippen LogP contribution >= 0.6 is 15.9 Å². The topological polar surface area (TPSA) is 94.6 Å². The Bertz CT molecular complexity index is 484. The summed E-state index contributed by atoms with van der Waals surface area (Å²) in [5.41, 5.74) is 0. The molecule has 1 aromatic heterocycles. The van der Waals surface area contributed by atoms with Gasteiger partial charge in [0.25, 0.3) is 0 Å². The zero-order valence-corrected chi connectivity index (χ0v) is 13.4. The molecule has 116 valence electrons. The van der Waals surface area contributed by atoms with Crippen LogP contribution < -0.4 is 10.6 Å². The van der Waals surface area contributed by atoms with Crippen LogP contribution in [-0.2, 0) is 4.79 Å². The van der Waals surface area contributed by atoms with E-state index in [0.29, 0.717) is 38.3 Å². The summed E-state index contributed by atoms with van der Waals surface area (Å²) in [5, 5.41) is 14.5. The highest BCUT2D eigenvalue weighted by Crippen LogP contribution is 2.12. The van der Waals surface area contributed by atoms with Crippen molar-refractivity contribution < 1.29 is 14.7 Å². The van der Waals surface area contributed by atoms with Gasteiger partial charge < -0.3 is 20.6 Å². The summed E-state index contributed by atoms with van der Waals surface area (Å²) in [6.07, 6.45) is 1.72. The van der Waals surface area contributed by atoms with Gasteiger partial charge in [-0.3, -0.25) is 4.79 Å². The smallest absolute Gasteiger partial charge is 0.407 e. The Morgan fingerprint density at radius 3 is 2.86 bits per heavy atom. The van der Waals surface area contributed by atoms with Crippen molar-refractivity contribution >= 4 is 33.7 Å². The number of halogens is 1. The van der Waals surface area contributed by atoms with Gasteiger partial charge in [0.15, 0.2) is 0 Å². The van der Waals surface area contributed by atoms with Crippen molar-refractivity contribution in [1.29, 1.82) is 0 Å². The van der Waals surface area contributed by atoms with Gasteiger partial charge in [-0.1, -0.05) is 15.9 Å². The molecular formula is C13H19BrN4O3. The Morgan fingerprint density at radius 2 is 2.19 bits per heavy atom. The number of pyridine rings is 1. The summed E-state index contributed by atoms with van der Waals surface area (Å²) in [4.78, 5) is 27.5. The normalized spacial score (nSPS) is 10.2. The second-order valence-corrected chi connectivity index (χ2v) is 5.38. The van der Waals surface area contributed by atoms with Gasteiger partial charge in [0.2, 0.25) is 5.91 Å². The highest BCUT2D eigenvalue weighted by molar-refractivity contribution is 9.10. The zero-order valence-electron chi connectivity index (χ0n) is 11.8. The van der Waals surface area contributed by atoms with Crippen LogP contribution in [0.1, 0.15) is 12.8 Å². The fourth-order valence-corrected chi connectivity index (χ4v) is 1.88. The minimum Gasteiger partial charge on any atom is -0.465 e. The first-order valence-corrected chi connectivity index (χ1v) is 7.34. The summed E-state index contributed by atoms with van der Waals surface area (Å²) >= 11 is 3.31. The summed E-state index contributed by atoms with van der Waals surface area (Å²) in [7, 11) is 1.53. The molecule has 2 amide bonds. The van der Waals surface area contributed by atoms with Crippen molar-refractivity contribution in [2.75, 3.05) is 32.0 Å². The second kappa shape index (κ2) is 9.30. The summed E-state index contributed by atoms with van der Waals surface area (Å²) in [6, 6.07) is 3.51. The molecule has 3 N–H and O–H groups in total. The maximum absolute atomic E-state index is 11.7. The van der Waals surface area contributed by atoms with Crippen LogP contribution in [0.25, 0.3) is 0 Å². The fourth-order valence-electron chi connectivity index (χ4n) is 1.54. The van der Waals surface area contributed by atoms with E-state index in [1.165, 1.54) is 11.9 Å². The van der Waals surface area contributed by atoms with Gasteiger partial charge in [-0.25, -0.2) is 9.78 Å². The molecule has 0 bridgehead atoms. The first kappa shape index (κ1) is 17.4. The van der Waals surface area contributed by atoms with Crippen molar-refractivity contribution in [2.24, 2.45) is 0 Å². The van der Waals surface area contributed by atoms with Gasteiger partial charge in [0.1, 0.15) is 5.82 Å². The van der Waals surface area contributed by atoms with Crippen molar-refractivity contribution in [3.8, 4) is 0 Å². The van der Waals surface area contributed by atoms with Crippen LogP contribution in [0.3, 0.4) is 0 Å². The molecule has 7 nitrogen and oxygen atoms in total. The van der Waals surface area contributed by atoms with E-state index < -0.39 is 6.09 Å². The molecule has 0 saturated carbocycles. The lowest BCUT2D eigenvalue weighted by Crippen LogP contribution is -2.29. The molecule has 0 fully saturated rings. The SMILES string of the molecule is CN(CCCNCCC(=O)Nc1cc(Br)ccn1)C(=O)O. The molecule has 0 aromatic carbocycles. The molecule has 0 radical (unpaired) electrons. The van der Waals surface area contributed by atoms with Crippen molar-refractivity contribution in [2.45, 2.75) is 12.8 Å². The average molecular weight is 359 g/mol. The van der Waals surface area contributed by atoms with Crippen LogP contribution in [0.2, 0.25) is 0 Å². The first-order valence-electron chi connectivity index (χ1n) is 6.55. The van der Waals surface area contributed by atoms with Crippen LogP contribution in [-0.4, -0.2) is 53.7 Å². The van der Waals surface area contributed by atoms with E-state index in [1.54, 1.807) is 18.3 Å². The van der Waals surface area contributed by atoms with Gasteiger partial charge in [-0.15, -0.1) is 0 Å². The number of hydrogen-bond donors (Lipinski definition) is 3. The third kappa shape index (κ3) is 7.62. The maximum atomic E-state index is 11.7. The molecule has 0 aliphatic heterocycles. The monoisotopic (exact) mass is 358 g/mol. The van der Waals surface area contributed by atoms with Crippen molar-refractivity contribution in [3.63, 3.8) is 0 Å². The lowest BCUT2D eigenvalue weighted by Gasteiger charge is -2.12. The molecule has 0 atom stereocenters. The van der Waals surface area contributed by atoms with Gasteiger partial charge in [0.05, 0.1) is 0 Å². The van der Waals surface area contributed by atoms with E-state index in [2.05, 4.69) is 31.5 Å². The Morgan fingerprint density at radius 1 is 1.43 bits per heavy atom. The predicted molar refractivity (Wildman–Crippen MR) is 83.3 cm³/mol. The van der Waals surface area contributed by atoms with Gasteiger partial charge in [-0.2, -0.15) is 0 Å². The summed E-state index contributed by atoms with van der Waals surface area (Å²) < 4.78 is 0.855. The third-order valence-electron chi connectivity index (χ3n) is 2.69. The number of nitrogens with zero attached hydrogens (tertiary/aromatic N) is 2. The average Bonchev–Trinajstić information content (AvgIpc) is 2.42. The first-order chi connectivity index (χ1) is 9.99. The largest absolute Gasteiger partial charge is 0.465 e. The third-order valence-corrected chi connectivity index (χ3v) is 3.19. The number of carboxylic acid groups (broad SMARTS) is 1.